The highest BCUT2D eigenvalue weighted by molar-refractivity contribution is 6.30. The number of amides is 1. The van der Waals surface area contributed by atoms with Crippen LogP contribution in [0.4, 0.5) is 10.1 Å². The second-order valence-electron chi connectivity index (χ2n) is 3.32. The van der Waals surface area contributed by atoms with Crippen molar-refractivity contribution in [2.45, 2.75) is 6.92 Å². The summed E-state index contributed by atoms with van der Waals surface area (Å²) < 4.78 is 13.4. The zero-order chi connectivity index (χ0) is 12.4. The van der Waals surface area contributed by atoms with Gasteiger partial charge in [-0.15, -0.1) is 5.10 Å². The fourth-order valence-corrected chi connectivity index (χ4v) is 1.37. The maximum atomic E-state index is 13.4. The molecule has 2 rings (SSSR count). The molecule has 1 amide bonds. The number of rotatable bonds is 2. The van der Waals surface area contributed by atoms with E-state index in [2.05, 4.69) is 20.5 Å². The molecule has 2 N–H and O–H groups in total. The Morgan fingerprint density at radius 1 is 1.53 bits per heavy atom. The largest absolute Gasteiger partial charge is 0.317 e. The highest BCUT2D eigenvalue weighted by Gasteiger charge is 2.13. The van der Waals surface area contributed by atoms with Crippen LogP contribution < -0.4 is 5.32 Å². The van der Waals surface area contributed by atoms with Crippen LogP contribution in [0.2, 0.25) is 5.02 Å². The van der Waals surface area contributed by atoms with Gasteiger partial charge in [-0.1, -0.05) is 11.6 Å². The van der Waals surface area contributed by atoms with E-state index in [0.29, 0.717) is 5.82 Å². The third-order valence-electron chi connectivity index (χ3n) is 1.98. The summed E-state index contributed by atoms with van der Waals surface area (Å²) in [6, 6.07) is 3.96. The molecule has 0 atom stereocenters. The normalized spacial score (nSPS) is 10.3. The summed E-state index contributed by atoms with van der Waals surface area (Å²) in [5.41, 5.74) is 0.0295. The van der Waals surface area contributed by atoms with Crippen molar-refractivity contribution in [3.8, 4) is 0 Å². The van der Waals surface area contributed by atoms with Crippen molar-refractivity contribution in [3.05, 3.63) is 40.7 Å². The van der Waals surface area contributed by atoms with E-state index in [1.807, 2.05) is 0 Å². The maximum Gasteiger partial charge on any atom is 0.295 e. The van der Waals surface area contributed by atoms with Crippen LogP contribution in [0.5, 0.6) is 0 Å². The van der Waals surface area contributed by atoms with Crippen LogP contribution in [-0.2, 0) is 0 Å². The van der Waals surface area contributed by atoms with Crippen LogP contribution in [-0.4, -0.2) is 21.1 Å². The number of carbonyl (C=O) groups excluding carboxylic acids is 1. The van der Waals surface area contributed by atoms with Crippen LogP contribution >= 0.6 is 11.6 Å². The second-order valence-corrected chi connectivity index (χ2v) is 3.76. The van der Waals surface area contributed by atoms with Crippen LogP contribution in [0.3, 0.4) is 0 Å². The second kappa shape index (κ2) is 4.50. The fraction of sp³-hybridized carbons (Fsp3) is 0.100. The topological polar surface area (TPSA) is 70.7 Å². The number of nitrogens with one attached hydrogen (secondary N) is 2. The summed E-state index contributed by atoms with van der Waals surface area (Å²) >= 11 is 5.59. The quantitative estimate of drug-likeness (QED) is 0.863. The fourth-order valence-electron chi connectivity index (χ4n) is 1.21. The Hall–Kier alpha value is -1.95. The number of hydrogen-bond donors (Lipinski definition) is 2. The predicted octanol–water partition coefficient (Wildman–Crippen LogP) is 2.16. The van der Waals surface area contributed by atoms with Crippen molar-refractivity contribution in [3.63, 3.8) is 0 Å². The minimum atomic E-state index is -0.613. The molecule has 1 aromatic heterocycles. The molecule has 0 bridgehead atoms. The molecular formula is C10H8ClFN4O. The highest BCUT2D eigenvalue weighted by Crippen LogP contribution is 2.19. The molecule has 0 fully saturated rings. The van der Waals surface area contributed by atoms with E-state index in [9.17, 15) is 9.18 Å². The number of hydrogen-bond acceptors (Lipinski definition) is 3. The van der Waals surface area contributed by atoms with E-state index >= 15 is 0 Å². The highest BCUT2D eigenvalue weighted by atomic mass is 35.5. The minimum Gasteiger partial charge on any atom is -0.317 e. The lowest BCUT2D eigenvalue weighted by molar-refractivity contribution is 0.101. The van der Waals surface area contributed by atoms with Gasteiger partial charge >= 0.3 is 0 Å². The molecule has 0 radical (unpaired) electrons. The lowest BCUT2D eigenvalue weighted by Crippen LogP contribution is -2.14. The Bertz CT molecular complexity index is 569. The van der Waals surface area contributed by atoms with E-state index in [1.54, 1.807) is 6.92 Å². The third-order valence-corrected chi connectivity index (χ3v) is 2.21. The molecule has 2 aromatic rings. The molecule has 0 aliphatic rings. The number of aromatic nitrogens is 3. The zero-order valence-electron chi connectivity index (χ0n) is 8.79. The maximum absolute atomic E-state index is 13.4. The smallest absolute Gasteiger partial charge is 0.295 e. The molecule has 1 aromatic carbocycles. The lowest BCUT2D eigenvalue weighted by atomic mass is 10.3. The molecule has 17 heavy (non-hydrogen) atoms. The lowest BCUT2D eigenvalue weighted by Gasteiger charge is -2.03. The first-order valence-corrected chi connectivity index (χ1v) is 5.09. The SMILES string of the molecule is Cc1nc(C(=O)Nc2ccc(Cl)cc2F)n[nH]1. The van der Waals surface area contributed by atoms with Gasteiger partial charge in [0.05, 0.1) is 5.69 Å². The third kappa shape index (κ3) is 2.59. The number of aryl methyl sites for hydroxylation is 1. The van der Waals surface area contributed by atoms with Crippen molar-refractivity contribution < 1.29 is 9.18 Å². The molecule has 7 heteroatoms. The Morgan fingerprint density at radius 3 is 2.88 bits per heavy atom. The standard InChI is InChI=1S/C10H8ClFN4O/c1-5-13-9(16-15-5)10(17)14-8-3-2-6(11)4-7(8)12/h2-4H,1H3,(H,14,17)(H,13,15,16). The summed E-state index contributed by atoms with van der Waals surface area (Å²) in [6.45, 7) is 1.66. The molecule has 0 spiro atoms. The number of H-pyrrole nitrogens is 1. The zero-order valence-corrected chi connectivity index (χ0v) is 9.55. The number of benzene rings is 1. The van der Waals surface area contributed by atoms with Crippen molar-refractivity contribution in [2.24, 2.45) is 0 Å². The van der Waals surface area contributed by atoms with Crippen molar-refractivity contribution in [1.29, 1.82) is 0 Å². The van der Waals surface area contributed by atoms with Gasteiger partial charge < -0.3 is 5.32 Å². The Kier molecular flexibility index (Phi) is 3.06. The van der Waals surface area contributed by atoms with E-state index in [-0.39, 0.29) is 16.5 Å². The van der Waals surface area contributed by atoms with E-state index < -0.39 is 11.7 Å². The summed E-state index contributed by atoms with van der Waals surface area (Å²) in [5.74, 6) is -0.739. The first-order valence-electron chi connectivity index (χ1n) is 4.71. The average Bonchev–Trinajstić information content (AvgIpc) is 2.69. The van der Waals surface area contributed by atoms with Gasteiger partial charge in [0.15, 0.2) is 0 Å². The first kappa shape index (κ1) is 11.5. The molecular weight excluding hydrogens is 247 g/mol. The number of carbonyl (C=O) groups is 1. The molecule has 0 saturated heterocycles. The van der Waals surface area contributed by atoms with Gasteiger partial charge in [-0.2, -0.15) is 0 Å². The van der Waals surface area contributed by atoms with Gasteiger partial charge in [0.25, 0.3) is 5.91 Å². The molecule has 1 heterocycles. The summed E-state index contributed by atoms with van der Waals surface area (Å²) in [4.78, 5) is 15.4. The number of halogens is 2. The summed E-state index contributed by atoms with van der Waals surface area (Å²) in [6.07, 6.45) is 0. The molecule has 88 valence electrons. The van der Waals surface area contributed by atoms with Crippen LogP contribution in [0.25, 0.3) is 0 Å². The van der Waals surface area contributed by atoms with Crippen molar-refractivity contribution in [2.75, 3.05) is 5.32 Å². The summed E-state index contributed by atoms with van der Waals surface area (Å²) in [5, 5.41) is 8.79. The monoisotopic (exact) mass is 254 g/mol. The van der Waals surface area contributed by atoms with Gasteiger partial charge in [-0.25, -0.2) is 9.37 Å². The predicted molar refractivity (Wildman–Crippen MR) is 60.5 cm³/mol. The Labute approximate surface area is 101 Å². The molecule has 0 unspecified atom stereocenters. The number of aromatic amines is 1. The Balaban J connectivity index is 2.18. The van der Waals surface area contributed by atoms with Gasteiger partial charge in [0, 0.05) is 5.02 Å². The molecule has 0 aliphatic heterocycles. The van der Waals surface area contributed by atoms with Crippen molar-refractivity contribution in [1.82, 2.24) is 15.2 Å². The van der Waals surface area contributed by atoms with Gasteiger partial charge in [0.2, 0.25) is 5.82 Å². The van der Waals surface area contributed by atoms with E-state index in [0.717, 1.165) is 6.07 Å². The Morgan fingerprint density at radius 2 is 2.29 bits per heavy atom. The molecule has 5 nitrogen and oxygen atoms in total. The van der Waals surface area contributed by atoms with Gasteiger partial charge in [-0.05, 0) is 25.1 Å². The van der Waals surface area contributed by atoms with E-state index in [1.165, 1.54) is 12.1 Å². The van der Waals surface area contributed by atoms with E-state index in [4.69, 9.17) is 11.6 Å². The van der Waals surface area contributed by atoms with Crippen LogP contribution in [0.15, 0.2) is 18.2 Å². The van der Waals surface area contributed by atoms with Gasteiger partial charge in [-0.3, -0.25) is 9.89 Å². The number of nitrogens with zero attached hydrogens (tertiary/aromatic N) is 2. The van der Waals surface area contributed by atoms with Gasteiger partial charge in [0.1, 0.15) is 11.6 Å². The molecule has 0 aliphatic carbocycles. The molecule has 0 saturated carbocycles. The minimum absolute atomic E-state index is 0.0295. The summed E-state index contributed by atoms with van der Waals surface area (Å²) in [7, 11) is 0. The number of anilines is 1. The van der Waals surface area contributed by atoms with Crippen LogP contribution in [0, 0.1) is 12.7 Å². The van der Waals surface area contributed by atoms with Crippen LogP contribution in [0.1, 0.15) is 16.4 Å². The average molecular weight is 255 g/mol. The first-order chi connectivity index (χ1) is 8.06. The van der Waals surface area contributed by atoms with Crippen molar-refractivity contribution >= 4 is 23.2 Å².